The lowest BCUT2D eigenvalue weighted by atomic mass is 10.0. The first-order valence-corrected chi connectivity index (χ1v) is 44.5. The molecule has 0 aliphatic carbocycles. The van der Waals surface area contributed by atoms with Crippen molar-refractivity contribution >= 4 is 33.6 Å². The topological polar surface area (TPSA) is 231 Å². The monoisotopic (exact) mass is 1510 g/mol. The molecular formula is C87H150O16P2. The standard InChI is InChI=1S/C87H150O16P2/c1-4-7-10-13-16-19-22-25-28-30-32-34-35-36-37-38-39-40-41-42-43-44-45-47-49-50-53-55-58-61-64-67-70-73-85(90)97-76-82(88)77-99-104(93,94)100-78-83(89)79-101-105(95,96)102-81-84(103-87(92)75-72-69-66-63-60-57-52-27-24-21-18-15-12-9-6-3)80-98-86(91)74-71-68-65-62-59-56-54-51-48-46-33-31-29-26-23-20-17-14-11-8-5-2/h9,12,16-21,25-29,32-34,36-37,46,51-52,54,82-84,88-89H,4-8,10-11,13-15,22-24,30-31,35,38-45,47-50,53,55-81H2,1-3H3,(H,93,94)(H,95,96)/b12-9-,19-16-,20-17-,21-18-,28-25-,29-26-,34-32-,37-36-,46-33-,52-27-,54-51-. The predicted molar refractivity (Wildman–Crippen MR) is 436 cm³/mol. The molecule has 0 heterocycles. The molecule has 0 bridgehead atoms. The van der Waals surface area contributed by atoms with Crippen LogP contribution in [0.1, 0.15) is 342 Å². The number of phosphoric ester groups is 2. The molecule has 0 amide bonds. The zero-order valence-electron chi connectivity index (χ0n) is 66.1. The number of phosphoric acid groups is 2. The fourth-order valence-electron chi connectivity index (χ4n) is 11.0. The van der Waals surface area contributed by atoms with E-state index in [-0.39, 0.29) is 19.3 Å². The van der Waals surface area contributed by atoms with Crippen molar-refractivity contribution in [1.82, 2.24) is 0 Å². The molecule has 0 radical (unpaired) electrons. The van der Waals surface area contributed by atoms with Crippen molar-refractivity contribution in [2.75, 3.05) is 39.6 Å². The van der Waals surface area contributed by atoms with Gasteiger partial charge in [-0.1, -0.05) is 315 Å². The molecule has 0 saturated heterocycles. The molecule has 604 valence electrons. The number of esters is 3. The molecular weight excluding hydrogens is 1360 g/mol. The number of unbranched alkanes of at least 4 members (excludes halogenated alkanes) is 33. The van der Waals surface area contributed by atoms with Gasteiger partial charge in [0.2, 0.25) is 0 Å². The number of carbonyl (C=O) groups excluding carboxylic acids is 3. The third-order valence-electron chi connectivity index (χ3n) is 17.3. The van der Waals surface area contributed by atoms with E-state index in [0.29, 0.717) is 19.3 Å². The molecule has 16 nitrogen and oxygen atoms in total. The molecule has 0 aromatic heterocycles. The summed E-state index contributed by atoms with van der Waals surface area (Å²) in [4.78, 5) is 58.7. The van der Waals surface area contributed by atoms with Gasteiger partial charge < -0.3 is 34.2 Å². The van der Waals surface area contributed by atoms with Gasteiger partial charge in [0.15, 0.2) is 6.10 Å². The number of ether oxygens (including phenoxy) is 3. The van der Waals surface area contributed by atoms with Crippen molar-refractivity contribution in [3.8, 4) is 0 Å². The average Bonchev–Trinajstić information content (AvgIpc) is 0.928. The van der Waals surface area contributed by atoms with E-state index in [1.54, 1.807) is 0 Å². The third kappa shape index (κ3) is 80.5. The Morgan fingerprint density at radius 3 is 0.800 bits per heavy atom. The summed E-state index contributed by atoms with van der Waals surface area (Å²) in [6.45, 7) is 2.49. The summed E-state index contributed by atoms with van der Waals surface area (Å²) in [5.41, 5.74) is 0. The van der Waals surface area contributed by atoms with Gasteiger partial charge >= 0.3 is 33.6 Å². The lowest BCUT2D eigenvalue weighted by Gasteiger charge is -2.21. The molecule has 0 aliphatic heterocycles. The maximum atomic E-state index is 13.0. The van der Waals surface area contributed by atoms with Crippen molar-refractivity contribution in [2.45, 2.75) is 360 Å². The van der Waals surface area contributed by atoms with Crippen LogP contribution in [0.25, 0.3) is 0 Å². The minimum absolute atomic E-state index is 0.0779. The quantitative estimate of drug-likeness (QED) is 0.0146. The van der Waals surface area contributed by atoms with E-state index in [4.69, 9.17) is 32.3 Å². The SMILES string of the molecule is CC/C=C\C/C=C\C/C=C\CCCCCCCC(=O)OC(COC(=O)CCCCCCC/C=C\C/C=C\C/C=C\C/C=C\CCCCC)COP(=O)(O)OCC(O)COP(=O)(O)OCC(O)COC(=O)CCCCCCCCCCCCCCCCCCC/C=C\C/C=C\C/C=C\C/C=C\CCCCC. The van der Waals surface area contributed by atoms with Crippen LogP contribution in [0.3, 0.4) is 0 Å². The van der Waals surface area contributed by atoms with Crippen LogP contribution in [0, 0.1) is 0 Å². The Labute approximate surface area is 639 Å². The summed E-state index contributed by atoms with van der Waals surface area (Å²) in [6.07, 6.45) is 96.5. The second kappa shape index (κ2) is 79.2. The van der Waals surface area contributed by atoms with Crippen molar-refractivity contribution in [3.63, 3.8) is 0 Å². The van der Waals surface area contributed by atoms with E-state index >= 15 is 0 Å². The van der Waals surface area contributed by atoms with E-state index in [1.165, 1.54) is 141 Å². The van der Waals surface area contributed by atoms with Crippen LogP contribution in [0.4, 0.5) is 0 Å². The van der Waals surface area contributed by atoms with Crippen LogP contribution < -0.4 is 0 Å². The van der Waals surface area contributed by atoms with Crippen LogP contribution in [0.15, 0.2) is 134 Å². The van der Waals surface area contributed by atoms with Crippen molar-refractivity contribution < 1.29 is 75.8 Å². The van der Waals surface area contributed by atoms with E-state index in [9.17, 15) is 43.5 Å². The van der Waals surface area contributed by atoms with E-state index in [0.717, 1.165) is 141 Å². The fraction of sp³-hybridized carbons (Fsp3) is 0.713. The molecule has 0 spiro atoms. The summed E-state index contributed by atoms with van der Waals surface area (Å²) in [5.74, 6) is -1.61. The third-order valence-corrected chi connectivity index (χ3v) is 19.2. The minimum atomic E-state index is -4.94. The zero-order chi connectivity index (χ0) is 76.6. The first kappa shape index (κ1) is 101. The number of hydrogen-bond acceptors (Lipinski definition) is 14. The molecule has 0 aromatic rings. The Kier molecular flexibility index (Phi) is 76.0. The normalized spacial score (nSPS) is 14.6. The molecule has 0 aromatic carbocycles. The predicted octanol–water partition coefficient (Wildman–Crippen LogP) is 24.7. The molecule has 18 heteroatoms. The fourth-order valence-corrected chi connectivity index (χ4v) is 12.6. The number of rotatable bonds is 78. The highest BCUT2D eigenvalue weighted by atomic mass is 31.2. The highest BCUT2D eigenvalue weighted by Crippen LogP contribution is 2.45. The van der Waals surface area contributed by atoms with Gasteiger partial charge in [-0.3, -0.25) is 32.5 Å². The van der Waals surface area contributed by atoms with Gasteiger partial charge in [-0.2, -0.15) is 0 Å². The first-order chi connectivity index (χ1) is 51.2. The van der Waals surface area contributed by atoms with Crippen LogP contribution in [0.2, 0.25) is 0 Å². The van der Waals surface area contributed by atoms with Crippen LogP contribution in [-0.2, 0) is 55.8 Å². The van der Waals surface area contributed by atoms with Crippen LogP contribution in [-0.4, -0.2) is 95.9 Å². The van der Waals surface area contributed by atoms with Gasteiger partial charge in [0, 0.05) is 19.3 Å². The van der Waals surface area contributed by atoms with Gasteiger partial charge in [-0.05, 0) is 141 Å². The maximum absolute atomic E-state index is 13.0. The zero-order valence-corrected chi connectivity index (χ0v) is 67.9. The second-order valence-electron chi connectivity index (χ2n) is 27.5. The number of aliphatic hydroxyl groups is 2. The van der Waals surface area contributed by atoms with Gasteiger partial charge in [0.1, 0.15) is 25.4 Å². The number of aliphatic hydroxyl groups excluding tert-OH is 2. The summed E-state index contributed by atoms with van der Waals surface area (Å²) >= 11 is 0. The Morgan fingerprint density at radius 2 is 0.505 bits per heavy atom. The molecule has 5 unspecified atom stereocenters. The number of carbonyl (C=O) groups is 3. The molecule has 0 rings (SSSR count). The maximum Gasteiger partial charge on any atom is 0.472 e. The number of allylic oxidation sites excluding steroid dienone is 22. The van der Waals surface area contributed by atoms with E-state index in [2.05, 4.69) is 154 Å². The lowest BCUT2D eigenvalue weighted by molar-refractivity contribution is -0.161. The lowest BCUT2D eigenvalue weighted by Crippen LogP contribution is -2.30. The van der Waals surface area contributed by atoms with Gasteiger partial charge in [-0.15, -0.1) is 0 Å². The Bertz CT molecular complexity index is 2440. The molecule has 0 fully saturated rings. The molecule has 5 atom stereocenters. The second-order valence-corrected chi connectivity index (χ2v) is 30.4. The Hall–Kier alpha value is -4.31. The summed E-state index contributed by atoms with van der Waals surface area (Å²) in [6, 6.07) is 0. The average molecular weight is 1510 g/mol. The molecule has 0 saturated carbocycles. The summed E-state index contributed by atoms with van der Waals surface area (Å²) in [7, 11) is -9.80. The molecule has 4 N–H and O–H groups in total. The smallest absolute Gasteiger partial charge is 0.463 e. The van der Waals surface area contributed by atoms with Gasteiger partial charge in [-0.25, -0.2) is 9.13 Å². The minimum Gasteiger partial charge on any atom is -0.463 e. The van der Waals surface area contributed by atoms with Crippen molar-refractivity contribution in [1.29, 1.82) is 0 Å². The van der Waals surface area contributed by atoms with Crippen molar-refractivity contribution in [2.24, 2.45) is 0 Å². The molecule has 0 aliphatic rings. The van der Waals surface area contributed by atoms with Crippen LogP contribution in [0.5, 0.6) is 0 Å². The summed E-state index contributed by atoms with van der Waals surface area (Å²) in [5, 5.41) is 20.7. The Morgan fingerprint density at radius 1 is 0.276 bits per heavy atom. The Balaban J connectivity index is 4.47. The van der Waals surface area contributed by atoms with Crippen LogP contribution >= 0.6 is 15.6 Å². The summed E-state index contributed by atoms with van der Waals surface area (Å²) < 4.78 is 61.2. The van der Waals surface area contributed by atoms with Crippen molar-refractivity contribution in [3.05, 3.63) is 134 Å². The highest BCUT2D eigenvalue weighted by Gasteiger charge is 2.29. The van der Waals surface area contributed by atoms with E-state index < -0.39 is 91.5 Å². The first-order valence-electron chi connectivity index (χ1n) is 41.5. The molecule has 105 heavy (non-hydrogen) atoms. The van der Waals surface area contributed by atoms with E-state index in [1.807, 2.05) is 0 Å². The number of hydrogen-bond donors (Lipinski definition) is 4. The highest BCUT2D eigenvalue weighted by molar-refractivity contribution is 7.47. The van der Waals surface area contributed by atoms with Gasteiger partial charge in [0.25, 0.3) is 0 Å². The van der Waals surface area contributed by atoms with Gasteiger partial charge in [0.05, 0.1) is 26.4 Å². The largest absolute Gasteiger partial charge is 0.472 e.